The summed E-state index contributed by atoms with van der Waals surface area (Å²) in [5, 5.41) is 0. The molecule has 2 amide bonds. The van der Waals surface area contributed by atoms with Gasteiger partial charge in [-0.3, -0.25) is 14.6 Å². The van der Waals surface area contributed by atoms with Gasteiger partial charge in [0.2, 0.25) is 11.8 Å². The highest BCUT2D eigenvalue weighted by atomic mass is 16.2. The first-order chi connectivity index (χ1) is 11.6. The van der Waals surface area contributed by atoms with E-state index in [0.717, 1.165) is 17.8 Å². The first-order valence-corrected chi connectivity index (χ1v) is 8.26. The highest BCUT2D eigenvalue weighted by Crippen LogP contribution is 2.35. The lowest BCUT2D eigenvalue weighted by molar-refractivity contribution is -0.124. The number of hydrogen-bond acceptors (Lipinski definition) is 3. The van der Waals surface area contributed by atoms with Crippen molar-refractivity contribution in [2.75, 3.05) is 16.3 Å². The van der Waals surface area contributed by atoms with Crippen molar-refractivity contribution in [1.82, 2.24) is 4.98 Å². The predicted molar refractivity (Wildman–Crippen MR) is 91.8 cm³/mol. The van der Waals surface area contributed by atoms with Gasteiger partial charge < -0.3 is 9.80 Å². The van der Waals surface area contributed by atoms with Gasteiger partial charge >= 0.3 is 0 Å². The van der Waals surface area contributed by atoms with E-state index in [-0.39, 0.29) is 30.2 Å². The zero-order chi connectivity index (χ0) is 16.7. The van der Waals surface area contributed by atoms with Gasteiger partial charge in [-0.1, -0.05) is 18.2 Å². The van der Waals surface area contributed by atoms with Crippen LogP contribution in [0.5, 0.6) is 0 Å². The highest BCUT2D eigenvalue weighted by Gasteiger charge is 2.41. The molecule has 0 saturated carbocycles. The van der Waals surface area contributed by atoms with Gasteiger partial charge in [0.15, 0.2) is 0 Å². The van der Waals surface area contributed by atoms with Crippen molar-refractivity contribution >= 4 is 23.2 Å². The van der Waals surface area contributed by atoms with Crippen molar-refractivity contribution in [3.63, 3.8) is 0 Å². The van der Waals surface area contributed by atoms with Crippen molar-refractivity contribution in [2.24, 2.45) is 5.92 Å². The molecule has 5 heteroatoms. The molecule has 0 spiro atoms. The number of aromatic nitrogens is 1. The molecule has 122 valence electrons. The van der Waals surface area contributed by atoms with E-state index in [0.29, 0.717) is 6.54 Å². The van der Waals surface area contributed by atoms with Crippen LogP contribution in [-0.4, -0.2) is 29.4 Å². The number of carbonyl (C=O) groups is 2. The average Bonchev–Trinajstić information content (AvgIpc) is 3.14. The molecule has 4 rings (SSSR count). The largest absolute Gasteiger partial charge is 0.310 e. The Morgan fingerprint density at radius 2 is 2.00 bits per heavy atom. The molecular weight excluding hydrogens is 302 g/mol. The average molecular weight is 321 g/mol. The van der Waals surface area contributed by atoms with Crippen molar-refractivity contribution in [1.29, 1.82) is 0 Å². The van der Waals surface area contributed by atoms with Crippen LogP contribution < -0.4 is 9.80 Å². The topological polar surface area (TPSA) is 53.5 Å². The van der Waals surface area contributed by atoms with Crippen LogP contribution >= 0.6 is 0 Å². The monoisotopic (exact) mass is 321 g/mol. The van der Waals surface area contributed by atoms with E-state index in [1.807, 2.05) is 29.2 Å². The van der Waals surface area contributed by atoms with E-state index < -0.39 is 0 Å². The summed E-state index contributed by atoms with van der Waals surface area (Å²) in [5.41, 5.74) is 2.95. The van der Waals surface area contributed by atoms with Crippen LogP contribution in [-0.2, 0) is 16.0 Å². The lowest BCUT2D eigenvalue weighted by Gasteiger charge is -2.25. The summed E-state index contributed by atoms with van der Waals surface area (Å²) in [7, 11) is 0. The summed E-state index contributed by atoms with van der Waals surface area (Å²) >= 11 is 0. The van der Waals surface area contributed by atoms with Crippen molar-refractivity contribution in [3.05, 3.63) is 54.4 Å². The molecule has 2 aliphatic heterocycles. The lowest BCUT2D eigenvalue weighted by atomic mass is 10.1. The number of carbonyl (C=O) groups excluding carboxylic acids is 2. The molecule has 5 nitrogen and oxygen atoms in total. The molecule has 1 aromatic carbocycles. The number of pyridine rings is 1. The van der Waals surface area contributed by atoms with Gasteiger partial charge in [-0.05, 0) is 37.1 Å². The quantitative estimate of drug-likeness (QED) is 0.853. The number of benzene rings is 1. The Balaban J connectivity index is 1.57. The maximum absolute atomic E-state index is 13.1. The van der Waals surface area contributed by atoms with Crippen molar-refractivity contribution < 1.29 is 9.59 Å². The molecule has 1 fully saturated rings. The molecule has 1 aromatic heterocycles. The van der Waals surface area contributed by atoms with Gasteiger partial charge in [-0.15, -0.1) is 0 Å². The van der Waals surface area contributed by atoms with Gasteiger partial charge in [0.05, 0.1) is 17.8 Å². The Kier molecular flexibility index (Phi) is 3.56. The highest BCUT2D eigenvalue weighted by molar-refractivity contribution is 6.05. The number of fused-ring (bicyclic) bond motifs is 1. The molecule has 0 N–H and O–H groups in total. The lowest BCUT2D eigenvalue weighted by Crippen LogP contribution is -2.41. The Labute approximate surface area is 140 Å². The second kappa shape index (κ2) is 5.74. The number of anilines is 2. The van der Waals surface area contributed by atoms with E-state index >= 15 is 0 Å². The molecule has 3 heterocycles. The van der Waals surface area contributed by atoms with E-state index in [2.05, 4.69) is 18.0 Å². The molecule has 2 atom stereocenters. The van der Waals surface area contributed by atoms with Gasteiger partial charge in [0.25, 0.3) is 0 Å². The normalized spacial score (nSPS) is 22.8. The van der Waals surface area contributed by atoms with Crippen LogP contribution in [0, 0.1) is 5.92 Å². The summed E-state index contributed by atoms with van der Waals surface area (Å²) in [6, 6.07) is 11.8. The van der Waals surface area contributed by atoms with Gasteiger partial charge in [-0.2, -0.15) is 0 Å². The minimum atomic E-state index is -0.300. The summed E-state index contributed by atoms with van der Waals surface area (Å²) in [6.07, 6.45) is 4.47. The van der Waals surface area contributed by atoms with Crippen LogP contribution in [0.15, 0.2) is 48.8 Å². The van der Waals surface area contributed by atoms with E-state index in [4.69, 9.17) is 0 Å². The zero-order valence-electron chi connectivity index (χ0n) is 13.6. The third-order valence-electron chi connectivity index (χ3n) is 4.88. The minimum absolute atomic E-state index is 0.0125. The predicted octanol–water partition coefficient (Wildman–Crippen LogP) is 2.41. The Morgan fingerprint density at radius 3 is 2.79 bits per heavy atom. The van der Waals surface area contributed by atoms with Crippen LogP contribution in [0.1, 0.15) is 18.9 Å². The number of amides is 2. The third-order valence-corrected chi connectivity index (χ3v) is 4.88. The Morgan fingerprint density at radius 1 is 1.17 bits per heavy atom. The van der Waals surface area contributed by atoms with Gasteiger partial charge in [-0.25, -0.2) is 0 Å². The maximum atomic E-state index is 13.1. The molecule has 2 unspecified atom stereocenters. The smallest absolute Gasteiger partial charge is 0.232 e. The van der Waals surface area contributed by atoms with Crippen LogP contribution in [0.3, 0.4) is 0 Å². The number of para-hydroxylation sites is 1. The first-order valence-electron chi connectivity index (χ1n) is 8.26. The van der Waals surface area contributed by atoms with Crippen molar-refractivity contribution in [2.45, 2.75) is 25.8 Å². The Bertz CT molecular complexity index is 790. The minimum Gasteiger partial charge on any atom is -0.310 e. The molecule has 2 aromatic rings. The molecular formula is C19H19N3O2. The summed E-state index contributed by atoms with van der Waals surface area (Å²) in [4.78, 5) is 33.0. The van der Waals surface area contributed by atoms with Crippen LogP contribution in [0.25, 0.3) is 0 Å². The van der Waals surface area contributed by atoms with E-state index in [1.165, 1.54) is 5.56 Å². The second-order valence-electron chi connectivity index (χ2n) is 6.51. The molecule has 0 radical (unpaired) electrons. The van der Waals surface area contributed by atoms with Crippen molar-refractivity contribution in [3.8, 4) is 0 Å². The third kappa shape index (κ3) is 2.37. The Hall–Kier alpha value is -2.69. The molecule has 24 heavy (non-hydrogen) atoms. The van der Waals surface area contributed by atoms with E-state index in [1.54, 1.807) is 23.4 Å². The summed E-state index contributed by atoms with van der Waals surface area (Å²) in [6.45, 7) is 2.49. The maximum Gasteiger partial charge on any atom is 0.232 e. The molecule has 2 aliphatic rings. The van der Waals surface area contributed by atoms with Crippen LogP contribution in [0.2, 0.25) is 0 Å². The van der Waals surface area contributed by atoms with Crippen LogP contribution in [0.4, 0.5) is 11.4 Å². The number of rotatable bonds is 2. The standard InChI is InChI=1S/C19H19N3O2/c1-13-9-14-5-2-3-7-17(14)22(13)19(24)15-10-18(23)21(12-15)16-6-4-8-20-11-16/h2-8,11,13,15H,9-10,12H2,1H3. The van der Waals surface area contributed by atoms with Gasteiger partial charge in [0, 0.05) is 30.9 Å². The first kappa shape index (κ1) is 14.9. The second-order valence-corrected chi connectivity index (χ2v) is 6.51. The van der Waals surface area contributed by atoms with E-state index in [9.17, 15) is 9.59 Å². The fourth-order valence-corrected chi connectivity index (χ4v) is 3.73. The summed E-state index contributed by atoms with van der Waals surface area (Å²) < 4.78 is 0. The number of nitrogens with zero attached hydrogens (tertiary/aromatic N) is 3. The molecule has 0 bridgehead atoms. The fraction of sp³-hybridized carbons (Fsp3) is 0.316. The molecule has 0 aliphatic carbocycles. The van der Waals surface area contributed by atoms with Gasteiger partial charge in [0.1, 0.15) is 0 Å². The summed E-state index contributed by atoms with van der Waals surface area (Å²) in [5.74, 6) is -0.264. The fourth-order valence-electron chi connectivity index (χ4n) is 3.73. The molecule has 1 saturated heterocycles. The number of hydrogen-bond donors (Lipinski definition) is 0. The zero-order valence-corrected chi connectivity index (χ0v) is 13.6. The SMILES string of the molecule is CC1Cc2ccccc2N1C(=O)C1CC(=O)N(c2cccnc2)C1.